The van der Waals surface area contributed by atoms with Crippen molar-refractivity contribution in [2.24, 2.45) is 4.99 Å². The molecule has 138 valence electrons. The van der Waals surface area contributed by atoms with Crippen LogP contribution in [0.15, 0.2) is 4.99 Å². The van der Waals surface area contributed by atoms with Crippen LogP contribution >= 0.6 is 24.0 Å². The first-order valence-electron chi connectivity index (χ1n) is 8.56. The van der Waals surface area contributed by atoms with Crippen LogP contribution in [0.5, 0.6) is 0 Å². The molecule has 7 heteroatoms. The van der Waals surface area contributed by atoms with Gasteiger partial charge in [0.15, 0.2) is 5.96 Å². The monoisotopic (exact) mass is 442 g/mol. The van der Waals surface area contributed by atoms with Crippen molar-refractivity contribution in [3.8, 4) is 0 Å². The van der Waals surface area contributed by atoms with E-state index in [0.717, 1.165) is 70.8 Å². The lowest BCUT2D eigenvalue weighted by Gasteiger charge is -2.27. The summed E-state index contributed by atoms with van der Waals surface area (Å²) in [4.78, 5) is 6.92. The average molecular weight is 442 g/mol. The van der Waals surface area contributed by atoms with Gasteiger partial charge in [-0.3, -0.25) is 4.99 Å². The second-order valence-corrected chi connectivity index (χ2v) is 6.06. The summed E-state index contributed by atoms with van der Waals surface area (Å²) < 4.78 is 5.07. The fraction of sp³-hybridized carbons (Fsp3) is 0.938. The largest absolute Gasteiger partial charge is 0.393 e. The average Bonchev–Trinajstić information content (AvgIpc) is 2.51. The van der Waals surface area contributed by atoms with Gasteiger partial charge in [-0.15, -0.1) is 24.0 Å². The number of aliphatic hydroxyl groups is 1. The van der Waals surface area contributed by atoms with Crippen molar-refractivity contribution in [3.63, 3.8) is 0 Å². The molecular formula is C16H35IN4O2. The summed E-state index contributed by atoms with van der Waals surface area (Å²) in [5.74, 6) is 0.906. The summed E-state index contributed by atoms with van der Waals surface area (Å²) in [7, 11) is 3.84. The van der Waals surface area contributed by atoms with Crippen LogP contribution in [-0.2, 0) is 4.74 Å². The molecular weight excluding hydrogens is 407 g/mol. The van der Waals surface area contributed by atoms with Crippen LogP contribution in [-0.4, -0.2) is 75.1 Å². The van der Waals surface area contributed by atoms with Crippen LogP contribution in [0.25, 0.3) is 0 Å². The lowest BCUT2D eigenvalue weighted by molar-refractivity contribution is 0.120. The van der Waals surface area contributed by atoms with Crippen molar-refractivity contribution in [2.45, 2.75) is 51.2 Å². The predicted molar refractivity (Wildman–Crippen MR) is 107 cm³/mol. The minimum atomic E-state index is -0.111. The number of hydrogen-bond donors (Lipinski definition) is 3. The maximum absolute atomic E-state index is 9.56. The zero-order valence-electron chi connectivity index (χ0n) is 14.9. The normalized spacial score (nSPS) is 21.9. The van der Waals surface area contributed by atoms with E-state index in [9.17, 15) is 5.11 Å². The molecule has 0 aromatic carbocycles. The van der Waals surface area contributed by atoms with Crippen LogP contribution in [0, 0.1) is 0 Å². The number of aliphatic hydroxyl groups excluding tert-OH is 1. The van der Waals surface area contributed by atoms with E-state index in [1.54, 1.807) is 7.11 Å². The summed E-state index contributed by atoms with van der Waals surface area (Å²) in [6.45, 7) is 6.54. The van der Waals surface area contributed by atoms with E-state index >= 15 is 0 Å². The Bertz CT molecular complexity index is 310. The van der Waals surface area contributed by atoms with E-state index in [1.807, 2.05) is 0 Å². The number of ether oxygens (including phenoxy) is 1. The highest BCUT2D eigenvalue weighted by atomic mass is 127. The quantitative estimate of drug-likeness (QED) is 0.218. The standard InChI is InChI=1S/C16H34N4O2.HI/c1-4-17-16(19-14-6-8-15(21)9-7-14)18-10-5-11-20(2)12-13-22-3;/h14-15,21H,4-13H2,1-3H3,(H2,17,18,19);1H. The van der Waals surface area contributed by atoms with Crippen molar-refractivity contribution >= 4 is 29.9 Å². The van der Waals surface area contributed by atoms with E-state index < -0.39 is 0 Å². The van der Waals surface area contributed by atoms with Crippen LogP contribution < -0.4 is 10.6 Å². The third-order valence-electron chi connectivity index (χ3n) is 4.03. The lowest BCUT2D eigenvalue weighted by atomic mass is 9.93. The molecule has 23 heavy (non-hydrogen) atoms. The number of likely N-dealkylation sites (N-methyl/N-ethyl adjacent to an activating group) is 1. The Labute approximate surface area is 158 Å². The smallest absolute Gasteiger partial charge is 0.191 e. The van der Waals surface area contributed by atoms with E-state index in [-0.39, 0.29) is 30.1 Å². The van der Waals surface area contributed by atoms with E-state index in [4.69, 9.17) is 4.74 Å². The van der Waals surface area contributed by atoms with Gasteiger partial charge in [-0.2, -0.15) is 0 Å². The molecule has 3 N–H and O–H groups in total. The van der Waals surface area contributed by atoms with Crippen molar-refractivity contribution in [3.05, 3.63) is 0 Å². The van der Waals surface area contributed by atoms with Gasteiger partial charge in [0.2, 0.25) is 0 Å². The van der Waals surface area contributed by atoms with Gasteiger partial charge in [0.1, 0.15) is 0 Å². The molecule has 0 unspecified atom stereocenters. The Kier molecular flexibility index (Phi) is 14.2. The number of hydrogen-bond acceptors (Lipinski definition) is 4. The number of rotatable bonds is 9. The maximum atomic E-state index is 9.56. The van der Waals surface area contributed by atoms with Gasteiger partial charge in [-0.1, -0.05) is 0 Å². The van der Waals surface area contributed by atoms with Gasteiger partial charge in [0.25, 0.3) is 0 Å². The fourth-order valence-corrected chi connectivity index (χ4v) is 2.62. The van der Waals surface area contributed by atoms with Crippen molar-refractivity contribution < 1.29 is 9.84 Å². The molecule has 0 aromatic heterocycles. The zero-order valence-corrected chi connectivity index (χ0v) is 17.2. The molecule has 1 fully saturated rings. The molecule has 0 bridgehead atoms. The number of halogens is 1. The van der Waals surface area contributed by atoms with Crippen LogP contribution in [0.2, 0.25) is 0 Å². The molecule has 1 saturated carbocycles. The molecule has 6 nitrogen and oxygen atoms in total. The summed E-state index contributed by atoms with van der Waals surface area (Å²) >= 11 is 0. The first kappa shape index (κ1) is 22.9. The molecule has 1 rings (SSSR count). The number of nitrogens with zero attached hydrogens (tertiary/aromatic N) is 2. The second kappa shape index (κ2) is 14.2. The van der Waals surface area contributed by atoms with Crippen LogP contribution in [0.4, 0.5) is 0 Å². The SMILES string of the molecule is CCNC(=NCCCN(C)CCOC)NC1CCC(O)CC1.I. The van der Waals surface area contributed by atoms with Gasteiger partial charge in [-0.25, -0.2) is 0 Å². The lowest BCUT2D eigenvalue weighted by Crippen LogP contribution is -2.45. The first-order chi connectivity index (χ1) is 10.7. The summed E-state index contributed by atoms with van der Waals surface area (Å²) in [6, 6.07) is 0.436. The summed E-state index contributed by atoms with van der Waals surface area (Å²) in [6.07, 6.45) is 4.75. The molecule has 0 heterocycles. The Morgan fingerprint density at radius 2 is 1.96 bits per heavy atom. The van der Waals surface area contributed by atoms with Crippen molar-refractivity contribution in [1.82, 2.24) is 15.5 Å². The predicted octanol–water partition coefficient (Wildman–Crippen LogP) is 1.43. The van der Waals surface area contributed by atoms with Gasteiger partial charge in [-0.05, 0) is 52.6 Å². The molecule has 1 aliphatic rings. The third kappa shape index (κ3) is 11.1. The van der Waals surface area contributed by atoms with Crippen molar-refractivity contribution in [2.75, 3.05) is 46.9 Å². The van der Waals surface area contributed by atoms with Gasteiger partial charge < -0.3 is 25.4 Å². The van der Waals surface area contributed by atoms with Crippen LogP contribution in [0.1, 0.15) is 39.0 Å². The van der Waals surface area contributed by atoms with Gasteiger partial charge >= 0.3 is 0 Å². The fourth-order valence-electron chi connectivity index (χ4n) is 2.62. The number of methoxy groups -OCH3 is 1. The molecule has 0 amide bonds. The minimum absolute atomic E-state index is 0. The molecule has 0 aliphatic heterocycles. The second-order valence-electron chi connectivity index (χ2n) is 6.06. The molecule has 0 aromatic rings. The Hall–Kier alpha value is -0.120. The molecule has 0 radical (unpaired) electrons. The molecule has 0 saturated heterocycles. The maximum Gasteiger partial charge on any atom is 0.191 e. The highest BCUT2D eigenvalue weighted by molar-refractivity contribution is 14.0. The Balaban J connectivity index is 0.00000484. The summed E-state index contributed by atoms with van der Waals surface area (Å²) in [5, 5.41) is 16.4. The highest BCUT2D eigenvalue weighted by Crippen LogP contribution is 2.18. The van der Waals surface area contributed by atoms with E-state index in [1.165, 1.54) is 0 Å². The van der Waals surface area contributed by atoms with E-state index in [0.29, 0.717) is 6.04 Å². The minimum Gasteiger partial charge on any atom is -0.393 e. The summed E-state index contributed by atoms with van der Waals surface area (Å²) in [5.41, 5.74) is 0. The Morgan fingerprint density at radius 3 is 2.57 bits per heavy atom. The van der Waals surface area contributed by atoms with Gasteiger partial charge in [0.05, 0.1) is 12.7 Å². The van der Waals surface area contributed by atoms with Gasteiger partial charge in [0, 0.05) is 32.8 Å². The number of aliphatic imine (C=N–C) groups is 1. The van der Waals surface area contributed by atoms with Crippen LogP contribution in [0.3, 0.4) is 0 Å². The highest BCUT2D eigenvalue weighted by Gasteiger charge is 2.19. The number of nitrogens with one attached hydrogen (secondary N) is 2. The Morgan fingerprint density at radius 1 is 1.26 bits per heavy atom. The molecule has 1 aliphatic carbocycles. The zero-order chi connectivity index (χ0) is 16.2. The number of guanidine groups is 1. The van der Waals surface area contributed by atoms with Crippen molar-refractivity contribution in [1.29, 1.82) is 0 Å². The molecule has 0 spiro atoms. The first-order valence-corrected chi connectivity index (χ1v) is 8.56. The van der Waals surface area contributed by atoms with E-state index in [2.05, 4.69) is 34.5 Å². The topological polar surface area (TPSA) is 69.1 Å². The third-order valence-corrected chi connectivity index (χ3v) is 4.03. The molecule has 0 atom stereocenters.